The molecule has 2 rings (SSSR count). The smallest absolute Gasteiger partial charge is 0.269 e. The molecule has 0 fully saturated rings. The molecule has 1 heterocycles. The van der Waals surface area contributed by atoms with Crippen LogP contribution in [0.1, 0.15) is 43.0 Å². The van der Waals surface area contributed by atoms with E-state index in [-0.39, 0.29) is 17.0 Å². The molecule has 1 aromatic rings. The van der Waals surface area contributed by atoms with E-state index in [0.29, 0.717) is 12.1 Å². The fraction of sp³-hybridized carbons (Fsp3) is 0.462. The zero-order chi connectivity index (χ0) is 14.0. The maximum atomic E-state index is 12.3. The second-order valence-corrected chi connectivity index (χ2v) is 6.53. The molecule has 0 aromatic heterocycles. The Morgan fingerprint density at radius 1 is 1.21 bits per heavy atom. The SMILES string of the molecule is CCCCCCN1C(=O)c2ccc(N)cc2S1(=O)=O. The summed E-state index contributed by atoms with van der Waals surface area (Å²) in [5, 5.41) is 0. The van der Waals surface area contributed by atoms with Gasteiger partial charge in [0.25, 0.3) is 15.9 Å². The Hall–Kier alpha value is -1.56. The van der Waals surface area contributed by atoms with Crippen LogP contribution in [0, 0.1) is 0 Å². The second kappa shape index (κ2) is 5.21. The molecule has 5 nitrogen and oxygen atoms in total. The van der Waals surface area contributed by atoms with Crippen LogP contribution in [-0.2, 0) is 10.0 Å². The number of sulfonamides is 1. The van der Waals surface area contributed by atoms with Crippen LogP contribution in [0.15, 0.2) is 23.1 Å². The van der Waals surface area contributed by atoms with Crippen molar-refractivity contribution in [2.75, 3.05) is 12.3 Å². The van der Waals surface area contributed by atoms with Gasteiger partial charge >= 0.3 is 0 Å². The number of hydrogen-bond acceptors (Lipinski definition) is 4. The first kappa shape index (κ1) is 13.9. The Kier molecular flexibility index (Phi) is 3.80. The molecule has 19 heavy (non-hydrogen) atoms. The standard InChI is InChI=1S/C13H18N2O3S/c1-2-3-4-5-8-15-13(16)11-7-6-10(14)9-12(11)19(15,17)18/h6-7,9H,2-5,8,14H2,1H3. The minimum absolute atomic E-state index is 0.0352. The molecule has 1 aliphatic heterocycles. The summed E-state index contributed by atoms with van der Waals surface area (Å²) in [6, 6.07) is 4.39. The number of unbranched alkanes of at least 4 members (excludes halogenated alkanes) is 3. The van der Waals surface area contributed by atoms with Crippen molar-refractivity contribution in [3.63, 3.8) is 0 Å². The lowest BCUT2D eigenvalue weighted by molar-refractivity contribution is 0.0869. The third kappa shape index (κ3) is 2.45. The molecular weight excluding hydrogens is 264 g/mol. The average Bonchev–Trinajstić information content (AvgIpc) is 2.54. The number of benzene rings is 1. The number of nitrogen functional groups attached to an aromatic ring is 1. The number of rotatable bonds is 5. The molecule has 0 radical (unpaired) electrons. The molecule has 0 atom stereocenters. The van der Waals surface area contributed by atoms with Crippen LogP contribution in [0.25, 0.3) is 0 Å². The molecule has 6 heteroatoms. The number of carbonyl (C=O) groups is 1. The van der Waals surface area contributed by atoms with Gasteiger partial charge in [-0.3, -0.25) is 4.79 Å². The summed E-state index contributed by atoms with van der Waals surface area (Å²) in [5.41, 5.74) is 6.16. The average molecular weight is 282 g/mol. The summed E-state index contributed by atoms with van der Waals surface area (Å²) in [6.07, 6.45) is 3.73. The van der Waals surface area contributed by atoms with Crippen molar-refractivity contribution in [3.05, 3.63) is 23.8 Å². The molecule has 0 bridgehead atoms. The van der Waals surface area contributed by atoms with Gasteiger partial charge in [-0.2, -0.15) is 0 Å². The van der Waals surface area contributed by atoms with Crippen LogP contribution in [0.2, 0.25) is 0 Å². The molecule has 0 aliphatic carbocycles. The van der Waals surface area contributed by atoms with Gasteiger partial charge in [-0.1, -0.05) is 26.2 Å². The summed E-state index contributed by atoms with van der Waals surface area (Å²) >= 11 is 0. The fourth-order valence-corrected chi connectivity index (χ4v) is 3.84. The summed E-state index contributed by atoms with van der Waals surface area (Å²) in [7, 11) is -3.70. The number of anilines is 1. The van der Waals surface area contributed by atoms with Gasteiger partial charge in [0.05, 0.1) is 5.56 Å². The molecule has 1 amide bonds. The summed E-state index contributed by atoms with van der Waals surface area (Å²) < 4.78 is 25.5. The van der Waals surface area contributed by atoms with Crippen molar-refractivity contribution in [2.45, 2.75) is 37.5 Å². The van der Waals surface area contributed by atoms with Gasteiger partial charge < -0.3 is 5.73 Å². The van der Waals surface area contributed by atoms with Gasteiger partial charge in [0.15, 0.2) is 0 Å². The number of nitrogens with two attached hydrogens (primary N) is 1. The van der Waals surface area contributed by atoms with Crippen LogP contribution in [-0.4, -0.2) is 25.2 Å². The number of carbonyl (C=O) groups excluding carboxylic acids is 1. The van der Waals surface area contributed by atoms with Crippen LogP contribution >= 0.6 is 0 Å². The molecule has 104 valence electrons. The van der Waals surface area contributed by atoms with Crippen molar-refractivity contribution in [3.8, 4) is 0 Å². The Morgan fingerprint density at radius 2 is 1.95 bits per heavy atom. The first-order chi connectivity index (χ1) is 8.98. The highest BCUT2D eigenvalue weighted by Gasteiger charge is 2.40. The molecule has 1 aliphatic rings. The Morgan fingerprint density at radius 3 is 2.63 bits per heavy atom. The molecule has 0 spiro atoms. The lowest BCUT2D eigenvalue weighted by Gasteiger charge is -2.14. The van der Waals surface area contributed by atoms with E-state index in [2.05, 4.69) is 6.92 Å². The van der Waals surface area contributed by atoms with E-state index >= 15 is 0 Å². The molecule has 1 aromatic carbocycles. The van der Waals surface area contributed by atoms with Crippen LogP contribution in [0.4, 0.5) is 5.69 Å². The van der Waals surface area contributed by atoms with Gasteiger partial charge in [0, 0.05) is 12.2 Å². The predicted molar refractivity (Wildman–Crippen MR) is 73.2 cm³/mol. The predicted octanol–water partition coefficient (Wildman–Crippen LogP) is 1.99. The van der Waals surface area contributed by atoms with Gasteiger partial charge in [-0.25, -0.2) is 12.7 Å². The minimum Gasteiger partial charge on any atom is -0.399 e. The maximum Gasteiger partial charge on any atom is 0.269 e. The first-order valence-corrected chi connectivity index (χ1v) is 7.89. The van der Waals surface area contributed by atoms with E-state index in [0.717, 1.165) is 23.6 Å². The third-order valence-electron chi connectivity index (χ3n) is 3.25. The van der Waals surface area contributed by atoms with Crippen molar-refractivity contribution < 1.29 is 13.2 Å². The quantitative estimate of drug-likeness (QED) is 0.661. The zero-order valence-corrected chi connectivity index (χ0v) is 11.7. The first-order valence-electron chi connectivity index (χ1n) is 6.45. The number of fused-ring (bicyclic) bond motifs is 1. The Balaban J connectivity index is 2.23. The zero-order valence-electron chi connectivity index (χ0n) is 10.9. The molecule has 0 unspecified atom stereocenters. The highest BCUT2D eigenvalue weighted by Crippen LogP contribution is 2.31. The number of nitrogens with zero attached hydrogens (tertiary/aromatic N) is 1. The van der Waals surface area contributed by atoms with Crippen LogP contribution in [0.3, 0.4) is 0 Å². The highest BCUT2D eigenvalue weighted by molar-refractivity contribution is 7.90. The van der Waals surface area contributed by atoms with E-state index in [1.54, 1.807) is 6.07 Å². The number of amides is 1. The summed E-state index contributed by atoms with van der Waals surface area (Å²) in [6.45, 7) is 2.33. The Labute approximate surface area is 113 Å². The fourth-order valence-electron chi connectivity index (χ4n) is 2.20. The van der Waals surface area contributed by atoms with E-state index in [4.69, 9.17) is 5.73 Å². The van der Waals surface area contributed by atoms with Gasteiger partial charge in [-0.15, -0.1) is 0 Å². The number of hydrogen-bond donors (Lipinski definition) is 1. The van der Waals surface area contributed by atoms with Crippen LogP contribution in [0.5, 0.6) is 0 Å². The van der Waals surface area contributed by atoms with Gasteiger partial charge in [0.2, 0.25) is 0 Å². The van der Waals surface area contributed by atoms with Crippen molar-refractivity contribution >= 4 is 21.6 Å². The van der Waals surface area contributed by atoms with E-state index in [1.165, 1.54) is 12.1 Å². The minimum atomic E-state index is -3.70. The van der Waals surface area contributed by atoms with Crippen LogP contribution < -0.4 is 5.73 Å². The largest absolute Gasteiger partial charge is 0.399 e. The van der Waals surface area contributed by atoms with E-state index in [9.17, 15) is 13.2 Å². The Bertz CT molecular complexity index is 596. The molecule has 0 saturated heterocycles. The normalized spacial score (nSPS) is 16.7. The summed E-state index contributed by atoms with van der Waals surface area (Å²) in [4.78, 5) is 12.1. The lowest BCUT2D eigenvalue weighted by atomic mass is 10.2. The third-order valence-corrected chi connectivity index (χ3v) is 5.07. The maximum absolute atomic E-state index is 12.3. The summed E-state index contributed by atoms with van der Waals surface area (Å²) in [5.74, 6) is -0.438. The monoisotopic (exact) mass is 282 g/mol. The lowest BCUT2D eigenvalue weighted by Crippen LogP contribution is -2.30. The molecule has 2 N–H and O–H groups in total. The van der Waals surface area contributed by atoms with Crippen molar-refractivity contribution in [1.29, 1.82) is 0 Å². The van der Waals surface area contributed by atoms with E-state index in [1.807, 2.05) is 0 Å². The van der Waals surface area contributed by atoms with Gasteiger partial charge in [-0.05, 0) is 24.6 Å². The highest BCUT2D eigenvalue weighted by atomic mass is 32.2. The van der Waals surface area contributed by atoms with Gasteiger partial charge in [0.1, 0.15) is 4.90 Å². The van der Waals surface area contributed by atoms with Crippen molar-refractivity contribution in [2.24, 2.45) is 0 Å². The molecule has 0 saturated carbocycles. The van der Waals surface area contributed by atoms with E-state index < -0.39 is 15.9 Å². The van der Waals surface area contributed by atoms with Crippen molar-refractivity contribution in [1.82, 2.24) is 4.31 Å². The topological polar surface area (TPSA) is 80.5 Å². The second-order valence-electron chi connectivity index (χ2n) is 4.70. The molecular formula is C13H18N2O3S.